The first kappa shape index (κ1) is 24.4. The summed E-state index contributed by atoms with van der Waals surface area (Å²) in [6.07, 6.45) is 1.25. The Morgan fingerprint density at radius 2 is 1.14 bits per heavy atom. The average molecular weight is 180 g/mol. The summed E-state index contributed by atoms with van der Waals surface area (Å²) in [6, 6.07) is 0. The van der Waals surface area contributed by atoms with E-state index in [4.69, 9.17) is 0 Å². The molecular formula is C5H17NY. The summed E-state index contributed by atoms with van der Waals surface area (Å²) in [7, 11) is 1.50. The summed E-state index contributed by atoms with van der Waals surface area (Å²) in [5, 5.41) is 0. The fourth-order valence-corrected chi connectivity index (χ4v) is 0. The van der Waals surface area contributed by atoms with E-state index in [1.807, 2.05) is 0 Å². The molecule has 0 heterocycles. The Hall–Kier alpha value is 1.06. The zero-order chi connectivity index (χ0) is 4.71. The molecule has 0 atom stereocenters. The summed E-state index contributed by atoms with van der Waals surface area (Å²) in [5.41, 5.74) is 4.50. The van der Waals surface area contributed by atoms with Gasteiger partial charge in [0.15, 0.2) is 0 Å². The van der Waals surface area contributed by atoms with Crippen molar-refractivity contribution in [1.82, 2.24) is 0 Å². The van der Waals surface area contributed by atoms with Gasteiger partial charge in [-0.3, -0.25) is 0 Å². The van der Waals surface area contributed by atoms with Crippen molar-refractivity contribution in [3.8, 4) is 0 Å². The molecule has 0 aliphatic heterocycles. The summed E-state index contributed by atoms with van der Waals surface area (Å²) in [4.78, 5) is 0. The first-order valence-electron chi connectivity index (χ1n) is 1.99. The van der Waals surface area contributed by atoms with Crippen LogP contribution in [0.3, 0.4) is 0 Å². The van der Waals surface area contributed by atoms with Gasteiger partial charge >= 0.3 is 0 Å². The molecule has 0 saturated carbocycles. The normalized spacial score (nSPS) is 3.43. The van der Waals surface area contributed by atoms with Crippen LogP contribution >= 0.6 is 0 Å². The SMILES string of the molecule is C.CCC.CN.[Y]. The molecule has 45 valence electrons. The minimum Gasteiger partial charge on any atom is -0.333 e. The van der Waals surface area contributed by atoms with Crippen LogP contribution < -0.4 is 5.73 Å². The number of rotatable bonds is 0. The van der Waals surface area contributed by atoms with Crippen LogP contribution in [0.5, 0.6) is 0 Å². The summed E-state index contributed by atoms with van der Waals surface area (Å²) in [6.45, 7) is 4.25. The first-order chi connectivity index (χ1) is 2.41. The van der Waals surface area contributed by atoms with E-state index in [0.717, 1.165) is 0 Å². The van der Waals surface area contributed by atoms with E-state index in [-0.39, 0.29) is 40.1 Å². The third-order valence-corrected chi connectivity index (χ3v) is 0. The Morgan fingerprint density at radius 3 is 1.14 bits per heavy atom. The van der Waals surface area contributed by atoms with Gasteiger partial charge in [-0.05, 0) is 7.05 Å². The molecule has 0 aromatic carbocycles. The molecule has 7 heavy (non-hydrogen) atoms. The molecular weight excluding hydrogens is 163 g/mol. The topological polar surface area (TPSA) is 26.0 Å². The molecule has 0 saturated heterocycles. The zero-order valence-corrected chi connectivity index (χ0v) is 7.70. The molecule has 0 spiro atoms. The first-order valence-corrected chi connectivity index (χ1v) is 1.99. The van der Waals surface area contributed by atoms with Gasteiger partial charge in [0.2, 0.25) is 0 Å². The second-order valence-corrected chi connectivity index (χ2v) is 0.707. The van der Waals surface area contributed by atoms with Crippen molar-refractivity contribution in [2.24, 2.45) is 5.73 Å². The Morgan fingerprint density at radius 1 is 1.14 bits per heavy atom. The van der Waals surface area contributed by atoms with Gasteiger partial charge in [0.1, 0.15) is 0 Å². The fourth-order valence-electron chi connectivity index (χ4n) is 0. The van der Waals surface area contributed by atoms with Gasteiger partial charge in [0.05, 0.1) is 0 Å². The van der Waals surface area contributed by atoms with E-state index in [0.29, 0.717) is 0 Å². The van der Waals surface area contributed by atoms with E-state index in [1.165, 1.54) is 13.5 Å². The molecule has 2 heteroatoms. The molecule has 0 bridgehead atoms. The predicted octanol–water partition coefficient (Wildman–Crippen LogP) is 1.62. The van der Waals surface area contributed by atoms with Crippen molar-refractivity contribution in [2.45, 2.75) is 27.7 Å². The van der Waals surface area contributed by atoms with E-state index < -0.39 is 0 Å². The Labute approximate surface area is 72.9 Å². The van der Waals surface area contributed by atoms with Crippen LogP contribution in [0, 0.1) is 0 Å². The predicted molar refractivity (Wildman–Crippen MR) is 32.8 cm³/mol. The smallest absolute Gasteiger partial charge is 0 e. The average Bonchev–Trinajstić information content (AvgIpc) is 1.46. The van der Waals surface area contributed by atoms with Crippen LogP contribution in [0.4, 0.5) is 0 Å². The van der Waals surface area contributed by atoms with Crippen LogP contribution in [0.2, 0.25) is 0 Å². The third kappa shape index (κ3) is 160. The molecule has 0 aliphatic rings. The standard InChI is InChI=1S/C3H8.CH5N.CH4.Y/c1-3-2;1-2;;/h3H2,1-2H3;2H2,1H3;1H4;. The molecule has 2 N–H and O–H groups in total. The van der Waals surface area contributed by atoms with E-state index in [1.54, 1.807) is 0 Å². The van der Waals surface area contributed by atoms with Gasteiger partial charge in [-0.1, -0.05) is 27.7 Å². The molecule has 1 nitrogen and oxygen atoms in total. The van der Waals surface area contributed by atoms with Gasteiger partial charge in [0, 0.05) is 32.7 Å². The van der Waals surface area contributed by atoms with Crippen molar-refractivity contribution in [1.29, 1.82) is 0 Å². The van der Waals surface area contributed by atoms with Crippen LogP contribution in [0.15, 0.2) is 0 Å². The quantitative estimate of drug-likeness (QED) is 0.602. The van der Waals surface area contributed by atoms with Crippen LogP contribution in [-0.4, -0.2) is 7.05 Å². The molecule has 0 amide bonds. The second-order valence-electron chi connectivity index (χ2n) is 0.707. The van der Waals surface area contributed by atoms with E-state index >= 15 is 0 Å². The van der Waals surface area contributed by atoms with Crippen molar-refractivity contribution in [3.05, 3.63) is 0 Å². The summed E-state index contributed by atoms with van der Waals surface area (Å²) >= 11 is 0. The molecule has 1 radical (unpaired) electrons. The maximum Gasteiger partial charge on any atom is 0 e. The maximum absolute atomic E-state index is 4.50. The number of hydrogen-bond acceptors (Lipinski definition) is 1. The fraction of sp³-hybridized carbons (Fsp3) is 1.00. The van der Waals surface area contributed by atoms with E-state index in [9.17, 15) is 0 Å². The van der Waals surface area contributed by atoms with Gasteiger partial charge in [0.25, 0.3) is 0 Å². The molecule has 0 aliphatic carbocycles. The molecule has 0 unspecified atom stereocenters. The Balaban J connectivity index is -0.0000000105. The zero-order valence-electron chi connectivity index (χ0n) is 4.86. The monoisotopic (exact) mass is 180 g/mol. The molecule has 0 aromatic rings. The van der Waals surface area contributed by atoms with Crippen molar-refractivity contribution < 1.29 is 32.7 Å². The Kier molecular flexibility index (Phi) is 212. The van der Waals surface area contributed by atoms with Gasteiger partial charge < -0.3 is 5.73 Å². The largest absolute Gasteiger partial charge is 0.333 e. The summed E-state index contributed by atoms with van der Waals surface area (Å²) < 4.78 is 0. The minimum absolute atomic E-state index is 0. The molecule has 0 rings (SSSR count). The van der Waals surface area contributed by atoms with Crippen molar-refractivity contribution in [3.63, 3.8) is 0 Å². The van der Waals surface area contributed by atoms with Crippen LogP contribution in [0.1, 0.15) is 27.7 Å². The van der Waals surface area contributed by atoms with E-state index in [2.05, 4.69) is 19.6 Å². The third-order valence-electron chi connectivity index (χ3n) is 0. The van der Waals surface area contributed by atoms with Crippen LogP contribution in [-0.2, 0) is 32.7 Å². The van der Waals surface area contributed by atoms with Crippen LogP contribution in [0.25, 0.3) is 0 Å². The number of hydrogen-bond donors (Lipinski definition) is 1. The maximum atomic E-state index is 4.50. The summed E-state index contributed by atoms with van der Waals surface area (Å²) in [5.74, 6) is 0. The van der Waals surface area contributed by atoms with Gasteiger partial charge in [-0.15, -0.1) is 0 Å². The van der Waals surface area contributed by atoms with Gasteiger partial charge in [-0.2, -0.15) is 0 Å². The minimum atomic E-state index is 0. The van der Waals surface area contributed by atoms with Crippen molar-refractivity contribution >= 4 is 0 Å². The van der Waals surface area contributed by atoms with Gasteiger partial charge in [-0.25, -0.2) is 0 Å². The van der Waals surface area contributed by atoms with Crippen molar-refractivity contribution in [2.75, 3.05) is 7.05 Å². The second kappa shape index (κ2) is 61.0. The Bertz CT molecular complexity index is 8.04. The number of nitrogens with two attached hydrogens (primary N) is 1. The molecule has 0 aromatic heterocycles. The molecule has 0 fully saturated rings.